The van der Waals surface area contributed by atoms with Crippen LogP contribution >= 0.6 is 34.8 Å². The molecular weight excluding hydrogens is 534 g/mol. The molecular formula is C25H18Cl3FN2O3S. The Hall–Kier alpha value is -2.68. The highest BCUT2D eigenvalue weighted by Gasteiger charge is 2.26. The molecule has 35 heavy (non-hydrogen) atoms. The highest BCUT2D eigenvalue weighted by Crippen LogP contribution is 2.27. The Balaban J connectivity index is 1.60. The number of aliphatic imine (C=N–C) groups is 1. The van der Waals surface area contributed by atoms with Crippen LogP contribution in [0.4, 0.5) is 10.1 Å². The van der Waals surface area contributed by atoms with Crippen LogP contribution in [-0.4, -0.2) is 18.9 Å². The Kier molecular flexibility index (Phi) is 7.94. The molecule has 1 heterocycles. The largest absolute Gasteiger partial charge is 0.459 e. The summed E-state index contributed by atoms with van der Waals surface area (Å²) >= 11 is 18.1. The average Bonchev–Trinajstić information content (AvgIpc) is 3.28. The van der Waals surface area contributed by atoms with E-state index in [9.17, 15) is 12.8 Å². The van der Waals surface area contributed by atoms with Crippen molar-refractivity contribution in [3.63, 3.8) is 0 Å². The molecule has 0 aliphatic rings. The third kappa shape index (κ3) is 6.51. The van der Waals surface area contributed by atoms with E-state index in [1.54, 1.807) is 30.3 Å². The lowest BCUT2D eigenvalue weighted by Crippen LogP contribution is -2.30. The first-order valence-corrected chi connectivity index (χ1v) is 12.9. The maximum atomic E-state index is 13.5. The molecule has 0 amide bonds. The molecule has 0 spiro atoms. The molecule has 0 saturated heterocycles. The summed E-state index contributed by atoms with van der Waals surface area (Å²) in [5, 5.41) is 1.13. The van der Waals surface area contributed by atoms with Crippen molar-refractivity contribution in [3.8, 4) is 0 Å². The van der Waals surface area contributed by atoms with Gasteiger partial charge in [-0.15, -0.1) is 0 Å². The zero-order chi connectivity index (χ0) is 25.0. The topological polar surface area (TPSA) is 62.9 Å². The minimum Gasteiger partial charge on any atom is -0.459 e. The van der Waals surface area contributed by atoms with E-state index in [1.165, 1.54) is 59.1 Å². The van der Waals surface area contributed by atoms with Crippen molar-refractivity contribution < 1.29 is 17.2 Å². The van der Waals surface area contributed by atoms with E-state index in [0.717, 1.165) is 0 Å². The maximum absolute atomic E-state index is 13.5. The van der Waals surface area contributed by atoms with Gasteiger partial charge in [0, 0.05) is 11.6 Å². The lowest BCUT2D eigenvalue weighted by molar-refractivity contribution is 0.357. The normalized spacial score (nSPS) is 12.0. The quantitative estimate of drug-likeness (QED) is 0.213. The molecule has 180 valence electrons. The number of hydrogen-bond acceptors (Lipinski definition) is 4. The van der Waals surface area contributed by atoms with Crippen molar-refractivity contribution in [1.29, 1.82) is 0 Å². The van der Waals surface area contributed by atoms with Crippen molar-refractivity contribution >= 4 is 56.7 Å². The summed E-state index contributed by atoms with van der Waals surface area (Å²) in [6, 6.07) is 19.9. The molecule has 0 radical (unpaired) electrons. The van der Waals surface area contributed by atoms with Crippen molar-refractivity contribution in [2.45, 2.75) is 18.0 Å². The molecule has 0 aliphatic heterocycles. The predicted molar refractivity (Wildman–Crippen MR) is 137 cm³/mol. The molecule has 0 fully saturated rings. The fourth-order valence-electron chi connectivity index (χ4n) is 3.21. The summed E-state index contributed by atoms with van der Waals surface area (Å²) in [6.07, 6.45) is 1.48. The van der Waals surface area contributed by atoms with E-state index in [-0.39, 0.29) is 23.8 Å². The van der Waals surface area contributed by atoms with E-state index in [2.05, 4.69) is 4.99 Å². The number of benzene rings is 3. The fraction of sp³-hybridized carbons (Fsp3) is 0.0800. The predicted octanol–water partition coefficient (Wildman–Crippen LogP) is 7.52. The highest BCUT2D eigenvalue weighted by atomic mass is 35.5. The minimum atomic E-state index is -3.92. The van der Waals surface area contributed by atoms with Crippen LogP contribution in [-0.2, 0) is 23.1 Å². The minimum absolute atomic E-state index is 0.0293. The molecule has 3 aromatic carbocycles. The van der Waals surface area contributed by atoms with Gasteiger partial charge in [-0.05, 0) is 78.4 Å². The smallest absolute Gasteiger partial charge is 0.243 e. The van der Waals surface area contributed by atoms with Gasteiger partial charge in [0.1, 0.15) is 17.3 Å². The summed E-state index contributed by atoms with van der Waals surface area (Å²) in [5.41, 5.74) is 1.21. The van der Waals surface area contributed by atoms with Crippen LogP contribution in [0.15, 0.2) is 93.2 Å². The van der Waals surface area contributed by atoms with Crippen LogP contribution in [0.5, 0.6) is 0 Å². The van der Waals surface area contributed by atoms with Gasteiger partial charge in [0.25, 0.3) is 0 Å². The van der Waals surface area contributed by atoms with E-state index < -0.39 is 10.0 Å². The van der Waals surface area contributed by atoms with E-state index in [0.29, 0.717) is 37.8 Å². The third-order valence-corrected chi connectivity index (χ3v) is 7.77. The van der Waals surface area contributed by atoms with Gasteiger partial charge >= 0.3 is 0 Å². The van der Waals surface area contributed by atoms with Crippen molar-refractivity contribution in [3.05, 3.63) is 117 Å². The second-order valence-corrected chi connectivity index (χ2v) is 10.7. The van der Waals surface area contributed by atoms with Gasteiger partial charge in [-0.2, -0.15) is 4.31 Å². The molecule has 5 nitrogen and oxygen atoms in total. The van der Waals surface area contributed by atoms with Gasteiger partial charge in [-0.25, -0.2) is 12.8 Å². The number of hydrogen-bond donors (Lipinski definition) is 0. The van der Waals surface area contributed by atoms with Crippen LogP contribution in [0.2, 0.25) is 15.1 Å². The Labute approximate surface area is 217 Å². The lowest BCUT2D eigenvalue weighted by Gasteiger charge is -2.22. The Morgan fingerprint density at radius 3 is 2.26 bits per heavy atom. The molecule has 1 aromatic heterocycles. The Morgan fingerprint density at radius 2 is 1.57 bits per heavy atom. The van der Waals surface area contributed by atoms with Crippen LogP contribution < -0.4 is 0 Å². The average molecular weight is 552 g/mol. The molecule has 0 saturated carbocycles. The first-order chi connectivity index (χ1) is 16.7. The maximum Gasteiger partial charge on any atom is 0.243 e. The summed E-state index contributed by atoms with van der Waals surface area (Å²) in [4.78, 5) is 4.33. The highest BCUT2D eigenvalue weighted by molar-refractivity contribution is 7.89. The van der Waals surface area contributed by atoms with E-state index in [4.69, 9.17) is 39.2 Å². The molecule has 0 atom stereocenters. The van der Waals surface area contributed by atoms with Gasteiger partial charge in [0.15, 0.2) is 0 Å². The van der Waals surface area contributed by atoms with Crippen LogP contribution in [0.3, 0.4) is 0 Å². The molecule has 0 unspecified atom stereocenters. The zero-order valence-corrected chi connectivity index (χ0v) is 21.1. The Morgan fingerprint density at radius 1 is 0.857 bits per heavy atom. The molecule has 0 aliphatic carbocycles. The second-order valence-electron chi connectivity index (χ2n) is 7.51. The summed E-state index contributed by atoms with van der Waals surface area (Å²) < 4.78 is 47.1. The molecule has 10 heteroatoms. The number of sulfonamides is 1. The molecule has 4 rings (SSSR count). The van der Waals surface area contributed by atoms with Crippen molar-refractivity contribution in [2.75, 3.05) is 0 Å². The second kappa shape index (κ2) is 10.9. The van der Waals surface area contributed by atoms with Crippen LogP contribution in [0.25, 0.3) is 0 Å². The molecule has 4 aromatic rings. The molecule has 0 bridgehead atoms. The SMILES string of the molecule is O=S(=O)(c1ccc(Cl)cc1)N(Cc1ccc(Cl)c(Cl)c1)Cc1ccc(C=Nc2ccc(F)cc2)o1. The lowest BCUT2D eigenvalue weighted by atomic mass is 10.2. The molecule has 0 N–H and O–H groups in total. The summed E-state index contributed by atoms with van der Waals surface area (Å²) in [7, 11) is -3.92. The van der Waals surface area contributed by atoms with Crippen LogP contribution in [0, 0.1) is 5.82 Å². The standard InChI is InChI=1S/C25H18Cl3FN2O3S/c26-18-2-10-23(11-3-18)35(32,33)31(15-17-1-12-24(27)25(28)13-17)16-22-9-8-21(34-22)14-30-20-6-4-19(29)5-7-20/h1-14H,15-16H2. The van der Waals surface area contributed by atoms with Gasteiger partial charge in [-0.3, -0.25) is 4.99 Å². The summed E-state index contributed by atoms with van der Waals surface area (Å²) in [5.74, 6) is 0.471. The van der Waals surface area contributed by atoms with Gasteiger partial charge in [0.05, 0.1) is 33.4 Å². The van der Waals surface area contributed by atoms with E-state index in [1.807, 2.05) is 0 Å². The monoisotopic (exact) mass is 550 g/mol. The van der Waals surface area contributed by atoms with Gasteiger partial charge in [-0.1, -0.05) is 40.9 Å². The van der Waals surface area contributed by atoms with E-state index >= 15 is 0 Å². The number of nitrogens with zero attached hydrogens (tertiary/aromatic N) is 2. The first kappa shape index (κ1) is 25.4. The summed E-state index contributed by atoms with van der Waals surface area (Å²) in [6.45, 7) is -0.0167. The zero-order valence-electron chi connectivity index (χ0n) is 18.0. The Bertz CT molecular complexity index is 1450. The fourth-order valence-corrected chi connectivity index (χ4v) is 5.05. The van der Waals surface area contributed by atoms with Crippen LogP contribution in [0.1, 0.15) is 17.1 Å². The van der Waals surface area contributed by atoms with Gasteiger partial charge in [0.2, 0.25) is 10.0 Å². The van der Waals surface area contributed by atoms with Crippen molar-refractivity contribution in [2.24, 2.45) is 4.99 Å². The van der Waals surface area contributed by atoms with Crippen molar-refractivity contribution in [1.82, 2.24) is 4.31 Å². The number of rotatable bonds is 8. The number of furan rings is 1. The number of halogens is 4. The third-order valence-electron chi connectivity index (χ3n) is 4.98. The first-order valence-electron chi connectivity index (χ1n) is 10.3. The van der Waals surface area contributed by atoms with Gasteiger partial charge < -0.3 is 4.42 Å².